The quantitative estimate of drug-likeness (QED) is 0.494. The number of aromatic nitrogens is 4. The Kier molecular flexibility index (Phi) is 4.02. The molecule has 2 rings (SSSR count). The van der Waals surface area contributed by atoms with E-state index in [9.17, 15) is 10.1 Å². The number of nitro benzene ring substituents is 1. The first-order chi connectivity index (χ1) is 9.61. The molecule has 2 aromatic rings. The van der Waals surface area contributed by atoms with E-state index in [1.54, 1.807) is 0 Å². The number of rotatable bonds is 4. The van der Waals surface area contributed by atoms with Gasteiger partial charge in [0.25, 0.3) is 5.69 Å². The number of nitro groups is 1. The number of benzene rings is 1. The molecule has 0 aliphatic rings. The van der Waals surface area contributed by atoms with Crippen LogP contribution in [0.4, 0.5) is 11.4 Å². The summed E-state index contributed by atoms with van der Waals surface area (Å²) in [5, 5.41) is 35.4. The number of nitriles is 1. The number of hydrogen-bond donors (Lipinski definition) is 2. The van der Waals surface area contributed by atoms with E-state index in [4.69, 9.17) is 5.26 Å². The summed E-state index contributed by atoms with van der Waals surface area (Å²) >= 11 is 3.21. The molecule has 0 atom stereocenters. The smallest absolute Gasteiger partial charge is 0.270 e. The first-order valence-electron chi connectivity index (χ1n) is 5.16. The number of tetrazole rings is 1. The lowest BCUT2D eigenvalue weighted by molar-refractivity contribution is -0.384. The lowest BCUT2D eigenvalue weighted by Crippen LogP contribution is -1.95. The highest BCUT2D eigenvalue weighted by molar-refractivity contribution is 9.10. The minimum atomic E-state index is -0.496. The van der Waals surface area contributed by atoms with Gasteiger partial charge in [0, 0.05) is 22.8 Å². The van der Waals surface area contributed by atoms with Crippen LogP contribution in [-0.2, 0) is 0 Å². The Hall–Kier alpha value is -2.80. The Morgan fingerprint density at radius 3 is 2.95 bits per heavy atom. The van der Waals surface area contributed by atoms with Gasteiger partial charge in [0.05, 0.1) is 10.6 Å². The Morgan fingerprint density at radius 1 is 1.60 bits per heavy atom. The molecule has 0 amide bonds. The number of non-ortho nitro benzene ring substituents is 1. The Bertz CT molecular complexity index is 705. The average molecular weight is 336 g/mol. The summed E-state index contributed by atoms with van der Waals surface area (Å²) in [4.78, 5) is 10.1. The van der Waals surface area contributed by atoms with Crippen LogP contribution in [0.3, 0.4) is 0 Å². The van der Waals surface area contributed by atoms with Crippen molar-refractivity contribution in [3.8, 4) is 6.07 Å². The first kappa shape index (κ1) is 13.6. The van der Waals surface area contributed by atoms with Gasteiger partial charge < -0.3 is 5.32 Å². The maximum atomic E-state index is 10.6. The second-order valence-corrected chi connectivity index (χ2v) is 4.33. The van der Waals surface area contributed by atoms with E-state index in [0.717, 1.165) is 0 Å². The molecule has 0 saturated carbocycles. The van der Waals surface area contributed by atoms with Crippen molar-refractivity contribution in [2.45, 2.75) is 0 Å². The van der Waals surface area contributed by atoms with Crippen LogP contribution in [0.15, 0.2) is 28.9 Å². The SMILES string of the molecule is N#CC(=CNc1ccc([N+](=O)[O-])cc1Br)c1nn[nH]n1. The number of H-pyrrole nitrogens is 1. The molecule has 1 heterocycles. The molecule has 0 saturated heterocycles. The van der Waals surface area contributed by atoms with Crippen molar-refractivity contribution >= 4 is 32.9 Å². The summed E-state index contributed by atoms with van der Waals surface area (Å²) in [6.07, 6.45) is 1.39. The maximum Gasteiger partial charge on any atom is 0.270 e. The van der Waals surface area contributed by atoms with Gasteiger partial charge in [-0.15, -0.1) is 10.2 Å². The molecule has 9 nitrogen and oxygen atoms in total. The third-order valence-electron chi connectivity index (χ3n) is 2.24. The van der Waals surface area contributed by atoms with E-state index < -0.39 is 4.92 Å². The minimum Gasteiger partial charge on any atom is -0.359 e. The van der Waals surface area contributed by atoms with Crippen LogP contribution >= 0.6 is 15.9 Å². The van der Waals surface area contributed by atoms with Crippen molar-refractivity contribution < 1.29 is 4.92 Å². The molecular formula is C10H6BrN7O2. The summed E-state index contributed by atoms with van der Waals surface area (Å²) in [6.45, 7) is 0. The van der Waals surface area contributed by atoms with Gasteiger partial charge in [-0.3, -0.25) is 10.1 Å². The fraction of sp³-hybridized carbons (Fsp3) is 0. The summed E-state index contributed by atoms with van der Waals surface area (Å²) in [7, 11) is 0. The number of halogens is 1. The number of nitrogens with zero attached hydrogens (tertiary/aromatic N) is 5. The molecule has 1 aromatic heterocycles. The second kappa shape index (κ2) is 5.89. The predicted molar refractivity (Wildman–Crippen MR) is 72.2 cm³/mol. The molecule has 0 unspecified atom stereocenters. The van der Waals surface area contributed by atoms with Crippen LogP contribution < -0.4 is 5.32 Å². The van der Waals surface area contributed by atoms with Gasteiger partial charge in [0.1, 0.15) is 11.6 Å². The third kappa shape index (κ3) is 2.96. The van der Waals surface area contributed by atoms with E-state index in [2.05, 4.69) is 41.9 Å². The molecule has 0 bridgehead atoms. The maximum absolute atomic E-state index is 10.6. The number of allylic oxidation sites excluding steroid dienone is 1. The highest BCUT2D eigenvalue weighted by Gasteiger charge is 2.09. The van der Waals surface area contributed by atoms with Crippen molar-refractivity contribution in [3.63, 3.8) is 0 Å². The number of hydrogen-bond acceptors (Lipinski definition) is 7. The van der Waals surface area contributed by atoms with E-state index >= 15 is 0 Å². The van der Waals surface area contributed by atoms with Crippen molar-refractivity contribution in [3.05, 3.63) is 44.8 Å². The van der Waals surface area contributed by atoms with Crippen LogP contribution in [0.5, 0.6) is 0 Å². The summed E-state index contributed by atoms with van der Waals surface area (Å²) < 4.78 is 0.494. The number of aromatic amines is 1. The fourth-order valence-electron chi connectivity index (χ4n) is 1.31. The van der Waals surface area contributed by atoms with Crippen molar-refractivity contribution in [2.24, 2.45) is 0 Å². The zero-order valence-corrected chi connectivity index (χ0v) is 11.3. The standard InChI is InChI=1S/C10H6BrN7O2/c11-8-3-7(18(19)20)1-2-9(8)13-5-6(4-12)10-14-16-17-15-10/h1-3,5,13H,(H,14,15,16,17). The third-order valence-corrected chi connectivity index (χ3v) is 2.90. The van der Waals surface area contributed by atoms with Crippen molar-refractivity contribution in [1.29, 1.82) is 5.26 Å². The van der Waals surface area contributed by atoms with Gasteiger partial charge in [-0.1, -0.05) is 0 Å². The molecule has 0 fully saturated rings. The van der Waals surface area contributed by atoms with Crippen LogP contribution in [-0.4, -0.2) is 25.5 Å². The lowest BCUT2D eigenvalue weighted by atomic mass is 10.2. The molecule has 2 N–H and O–H groups in total. The van der Waals surface area contributed by atoms with Crippen LogP contribution in [0.2, 0.25) is 0 Å². The van der Waals surface area contributed by atoms with Gasteiger partial charge in [-0.25, -0.2) is 0 Å². The molecule has 0 aliphatic carbocycles. The number of anilines is 1. The highest BCUT2D eigenvalue weighted by atomic mass is 79.9. The Labute approximate surface area is 120 Å². The molecule has 100 valence electrons. The lowest BCUT2D eigenvalue weighted by Gasteiger charge is -2.03. The first-order valence-corrected chi connectivity index (χ1v) is 5.95. The Balaban J connectivity index is 2.22. The monoisotopic (exact) mass is 335 g/mol. The largest absolute Gasteiger partial charge is 0.359 e. The van der Waals surface area contributed by atoms with Crippen LogP contribution in [0.1, 0.15) is 5.82 Å². The average Bonchev–Trinajstić information content (AvgIpc) is 2.95. The molecule has 0 radical (unpaired) electrons. The molecule has 1 aromatic carbocycles. The highest BCUT2D eigenvalue weighted by Crippen LogP contribution is 2.27. The van der Waals surface area contributed by atoms with Crippen LogP contribution in [0.25, 0.3) is 5.57 Å². The molecule has 0 spiro atoms. The van der Waals surface area contributed by atoms with Crippen LogP contribution in [0, 0.1) is 21.4 Å². The van der Waals surface area contributed by atoms with Gasteiger partial charge >= 0.3 is 0 Å². The Morgan fingerprint density at radius 2 is 2.40 bits per heavy atom. The minimum absolute atomic E-state index is 0.0370. The summed E-state index contributed by atoms with van der Waals surface area (Å²) in [5.74, 6) is 0.151. The van der Waals surface area contributed by atoms with E-state index in [-0.39, 0.29) is 17.1 Å². The van der Waals surface area contributed by atoms with E-state index in [0.29, 0.717) is 10.2 Å². The van der Waals surface area contributed by atoms with Gasteiger partial charge in [-0.05, 0) is 27.2 Å². The fourth-order valence-corrected chi connectivity index (χ4v) is 1.79. The number of nitrogens with one attached hydrogen (secondary N) is 2. The molecular weight excluding hydrogens is 330 g/mol. The molecule has 10 heteroatoms. The zero-order chi connectivity index (χ0) is 14.5. The zero-order valence-electron chi connectivity index (χ0n) is 9.74. The topological polar surface area (TPSA) is 133 Å². The van der Waals surface area contributed by atoms with Gasteiger partial charge in [0.15, 0.2) is 0 Å². The van der Waals surface area contributed by atoms with E-state index in [1.165, 1.54) is 24.4 Å². The van der Waals surface area contributed by atoms with Gasteiger partial charge in [0.2, 0.25) is 5.82 Å². The predicted octanol–water partition coefficient (Wildman–Crippen LogP) is 1.85. The normalized spacial score (nSPS) is 10.9. The van der Waals surface area contributed by atoms with Crippen molar-refractivity contribution in [2.75, 3.05) is 5.32 Å². The summed E-state index contributed by atoms with van der Waals surface area (Å²) in [5.41, 5.74) is 0.695. The molecule has 20 heavy (non-hydrogen) atoms. The molecule has 0 aliphatic heterocycles. The van der Waals surface area contributed by atoms with Gasteiger partial charge in [-0.2, -0.15) is 10.5 Å². The second-order valence-electron chi connectivity index (χ2n) is 3.47. The van der Waals surface area contributed by atoms with E-state index in [1.807, 2.05) is 6.07 Å². The van der Waals surface area contributed by atoms with Crippen molar-refractivity contribution in [1.82, 2.24) is 20.6 Å². The summed E-state index contributed by atoms with van der Waals surface area (Å²) in [6, 6.07) is 6.14.